The molecular formula is C20H28N4OS. The van der Waals surface area contributed by atoms with Gasteiger partial charge in [0.2, 0.25) is 5.91 Å². The summed E-state index contributed by atoms with van der Waals surface area (Å²) in [6, 6.07) is 6.62. The SMILES string of the molecule is CCc1cccc(C)c1NC(=O)CSc1nnc(C)n1C1CCCCC1. The van der Waals surface area contributed by atoms with Gasteiger partial charge in [0.1, 0.15) is 5.82 Å². The van der Waals surface area contributed by atoms with Gasteiger partial charge < -0.3 is 9.88 Å². The van der Waals surface area contributed by atoms with Crippen molar-refractivity contribution in [1.29, 1.82) is 0 Å². The number of anilines is 1. The molecule has 1 aliphatic rings. The normalized spacial score (nSPS) is 15.2. The number of carbonyl (C=O) groups is 1. The fourth-order valence-corrected chi connectivity index (χ4v) is 4.57. The second-order valence-electron chi connectivity index (χ2n) is 6.99. The predicted octanol–water partition coefficient (Wildman–Crippen LogP) is 4.69. The van der Waals surface area contributed by atoms with Gasteiger partial charge in [-0.25, -0.2) is 0 Å². The molecule has 0 bridgehead atoms. The topological polar surface area (TPSA) is 59.8 Å². The van der Waals surface area contributed by atoms with E-state index in [1.165, 1.54) is 49.4 Å². The van der Waals surface area contributed by atoms with E-state index in [4.69, 9.17) is 0 Å². The standard InChI is InChI=1S/C20H28N4OS/c1-4-16-10-8-9-14(2)19(16)21-18(25)13-26-20-23-22-15(3)24(20)17-11-6-5-7-12-17/h8-10,17H,4-7,11-13H2,1-3H3,(H,21,25). The van der Waals surface area contributed by atoms with Crippen LogP contribution in [0.5, 0.6) is 0 Å². The van der Waals surface area contributed by atoms with Crippen molar-refractivity contribution in [3.8, 4) is 0 Å². The number of carbonyl (C=O) groups excluding carboxylic acids is 1. The second-order valence-corrected chi connectivity index (χ2v) is 7.93. The molecule has 1 aromatic heterocycles. The van der Waals surface area contributed by atoms with Crippen LogP contribution >= 0.6 is 11.8 Å². The molecule has 1 amide bonds. The van der Waals surface area contributed by atoms with Gasteiger partial charge in [-0.1, -0.05) is 56.1 Å². The van der Waals surface area contributed by atoms with Crippen LogP contribution in [-0.4, -0.2) is 26.4 Å². The number of thioether (sulfide) groups is 1. The lowest BCUT2D eigenvalue weighted by Crippen LogP contribution is -2.18. The average molecular weight is 373 g/mol. The van der Waals surface area contributed by atoms with Crippen molar-refractivity contribution in [2.75, 3.05) is 11.1 Å². The Balaban J connectivity index is 1.65. The lowest BCUT2D eigenvalue weighted by Gasteiger charge is -2.24. The van der Waals surface area contributed by atoms with Crippen LogP contribution in [0.25, 0.3) is 0 Å². The van der Waals surface area contributed by atoms with Gasteiger partial charge in [-0.05, 0) is 44.2 Å². The molecule has 0 saturated heterocycles. The van der Waals surface area contributed by atoms with E-state index in [1.807, 2.05) is 26.0 Å². The molecule has 3 rings (SSSR count). The van der Waals surface area contributed by atoms with Gasteiger partial charge >= 0.3 is 0 Å². The zero-order valence-electron chi connectivity index (χ0n) is 15.9. The summed E-state index contributed by atoms with van der Waals surface area (Å²) < 4.78 is 2.24. The number of para-hydroxylation sites is 1. The molecule has 0 aliphatic heterocycles. The number of benzene rings is 1. The highest BCUT2D eigenvalue weighted by molar-refractivity contribution is 7.99. The van der Waals surface area contributed by atoms with E-state index >= 15 is 0 Å². The third kappa shape index (κ3) is 4.29. The summed E-state index contributed by atoms with van der Waals surface area (Å²) in [5.74, 6) is 1.31. The summed E-state index contributed by atoms with van der Waals surface area (Å²) in [6.45, 7) is 6.15. The number of hydrogen-bond donors (Lipinski definition) is 1. The molecule has 5 nitrogen and oxygen atoms in total. The first-order chi connectivity index (χ1) is 12.6. The van der Waals surface area contributed by atoms with E-state index < -0.39 is 0 Å². The third-order valence-electron chi connectivity index (χ3n) is 5.11. The minimum atomic E-state index is 0.00912. The first-order valence-electron chi connectivity index (χ1n) is 9.52. The predicted molar refractivity (Wildman–Crippen MR) is 107 cm³/mol. The van der Waals surface area contributed by atoms with Gasteiger partial charge in [-0.2, -0.15) is 0 Å². The smallest absolute Gasteiger partial charge is 0.234 e. The van der Waals surface area contributed by atoms with Crippen molar-refractivity contribution in [3.05, 3.63) is 35.2 Å². The van der Waals surface area contributed by atoms with Crippen molar-refractivity contribution in [1.82, 2.24) is 14.8 Å². The Morgan fingerprint density at radius 2 is 2.00 bits per heavy atom. The Kier molecular flexibility index (Phi) is 6.35. The van der Waals surface area contributed by atoms with E-state index in [2.05, 4.69) is 33.1 Å². The number of nitrogens with one attached hydrogen (secondary N) is 1. The Morgan fingerprint density at radius 3 is 2.73 bits per heavy atom. The maximum atomic E-state index is 12.5. The lowest BCUT2D eigenvalue weighted by molar-refractivity contribution is -0.113. The fourth-order valence-electron chi connectivity index (χ4n) is 3.72. The molecule has 2 aromatic rings. The Morgan fingerprint density at radius 1 is 1.23 bits per heavy atom. The molecule has 26 heavy (non-hydrogen) atoms. The van der Waals surface area contributed by atoms with E-state index in [9.17, 15) is 4.79 Å². The highest BCUT2D eigenvalue weighted by atomic mass is 32.2. The van der Waals surface area contributed by atoms with Gasteiger partial charge in [0.15, 0.2) is 5.16 Å². The van der Waals surface area contributed by atoms with Crippen molar-refractivity contribution >= 4 is 23.4 Å². The van der Waals surface area contributed by atoms with E-state index in [1.54, 1.807) is 0 Å². The first kappa shape index (κ1) is 19.0. The summed E-state index contributed by atoms with van der Waals surface area (Å²) in [7, 11) is 0. The van der Waals surface area contributed by atoms with Gasteiger partial charge in [-0.15, -0.1) is 10.2 Å². The van der Waals surface area contributed by atoms with Crippen LogP contribution in [-0.2, 0) is 11.2 Å². The van der Waals surface area contributed by atoms with Gasteiger partial charge in [0.25, 0.3) is 0 Å². The minimum Gasteiger partial charge on any atom is -0.325 e. The molecule has 0 radical (unpaired) electrons. The summed E-state index contributed by atoms with van der Waals surface area (Å²) in [6.07, 6.45) is 7.11. The molecule has 140 valence electrons. The van der Waals surface area contributed by atoms with E-state index in [0.717, 1.165) is 28.7 Å². The molecule has 1 aromatic carbocycles. The van der Waals surface area contributed by atoms with Crippen LogP contribution in [0.4, 0.5) is 5.69 Å². The maximum absolute atomic E-state index is 12.5. The molecule has 0 spiro atoms. The Hall–Kier alpha value is -1.82. The highest BCUT2D eigenvalue weighted by Gasteiger charge is 2.22. The molecule has 1 fully saturated rings. The summed E-state index contributed by atoms with van der Waals surface area (Å²) in [5, 5.41) is 12.5. The monoisotopic (exact) mass is 372 g/mol. The molecule has 1 N–H and O–H groups in total. The largest absolute Gasteiger partial charge is 0.325 e. The molecule has 0 unspecified atom stereocenters. The van der Waals surface area contributed by atoms with Crippen LogP contribution in [0.15, 0.2) is 23.4 Å². The zero-order valence-corrected chi connectivity index (χ0v) is 16.7. The summed E-state index contributed by atoms with van der Waals surface area (Å²) in [4.78, 5) is 12.5. The van der Waals surface area contributed by atoms with E-state index in [0.29, 0.717) is 11.8 Å². The number of rotatable bonds is 6. The van der Waals surface area contributed by atoms with E-state index in [-0.39, 0.29) is 5.91 Å². The average Bonchev–Trinajstić information content (AvgIpc) is 3.03. The minimum absolute atomic E-state index is 0.00912. The third-order valence-corrected chi connectivity index (χ3v) is 6.05. The quantitative estimate of drug-likeness (QED) is 0.747. The first-order valence-corrected chi connectivity index (χ1v) is 10.5. The second kappa shape index (κ2) is 8.71. The van der Waals surface area contributed by atoms with Crippen molar-refractivity contribution in [2.24, 2.45) is 0 Å². The molecule has 1 heterocycles. The van der Waals surface area contributed by atoms with Crippen LogP contribution in [0.2, 0.25) is 0 Å². The maximum Gasteiger partial charge on any atom is 0.234 e. The van der Waals surface area contributed by atoms with Gasteiger partial charge in [0.05, 0.1) is 5.75 Å². The van der Waals surface area contributed by atoms with Crippen LogP contribution in [0.1, 0.15) is 62.0 Å². The summed E-state index contributed by atoms with van der Waals surface area (Å²) >= 11 is 1.49. The Bertz CT molecular complexity index is 765. The number of amides is 1. The van der Waals surface area contributed by atoms with Crippen LogP contribution < -0.4 is 5.32 Å². The molecule has 0 atom stereocenters. The number of aryl methyl sites for hydroxylation is 3. The lowest BCUT2D eigenvalue weighted by atomic mass is 9.95. The van der Waals surface area contributed by atoms with Crippen molar-refractivity contribution < 1.29 is 4.79 Å². The number of nitrogens with zero attached hydrogens (tertiary/aromatic N) is 3. The molecule has 1 aliphatic carbocycles. The fraction of sp³-hybridized carbons (Fsp3) is 0.550. The van der Waals surface area contributed by atoms with Crippen molar-refractivity contribution in [3.63, 3.8) is 0 Å². The Labute approximate surface area is 160 Å². The van der Waals surface area contributed by atoms with Crippen LogP contribution in [0, 0.1) is 13.8 Å². The van der Waals surface area contributed by atoms with Gasteiger partial charge in [-0.3, -0.25) is 4.79 Å². The van der Waals surface area contributed by atoms with Gasteiger partial charge in [0, 0.05) is 11.7 Å². The number of hydrogen-bond acceptors (Lipinski definition) is 4. The highest BCUT2D eigenvalue weighted by Crippen LogP contribution is 2.32. The molecular weight excluding hydrogens is 344 g/mol. The van der Waals surface area contributed by atoms with Crippen molar-refractivity contribution in [2.45, 2.75) is 70.5 Å². The molecule has 6 heteroatoms. The van der Waals surface area contributed by atoms with Crippen LogP contribution in [0.3, 0.4) is 0 Å². The zero-order chi connectivity index (χ0) is 18.5. The molecule has 1 saturated carbocycles. The number of aromatic nitrogens is 3. The summed E-state index contributed by atoms with van der Waals surface area (Å²) in [5.41, 5.74) is 3.22.